The normalized spacial score (nSPS) is 13.3. The van der Waals surface area contributed by atoms with E-state index in [9.17, 15) is 13.2 Å². The Morgan fingerprint density at radius 2 is 1.89 bits per heavy atom. The van der Waals surface area contributed by atoms with E-state index in [0.29, 0.717) is 10.6 Å². The summed E-state index contributed by atoms with van der Waals surface area (Å²) in [5.41, 5.74) is 5.31. The molecule has 1 aromatic carbocycles. The quantitative estimate of drug-likeness (QED) is 0.931. The highest BCUT2D eigenvalue weighted by Crippen LogP contribution is 2.39. The Morgan fingerprint density at radius 3 is 2.53 bits per heavy atom. The molecule has 2 nitrogen and oxygen atoms in total. The molecular formula is C13H12F3NOS. The van der Waals surface area contributed by atoms with Gasteiger partial charge >= 0.3 is 6.18 Å². The molecule has 1 heterocycles. The molecule has 0 amide bonds. The van der Waals surface area contributed by atoms with Crippen molar-refractivity contribution in [2.75, 3.05) is 7.11 Å². The van der Waals surface area contributed by atoms with Crippen molar-refractivity contribution in [1.82, 2.24) is 0 Å². The van der Waals surface area contributed by atoms with Gasteiger partial charge in [0.1, 0.15) is 5.75 Å². The van der Waals surface area contributed by atoms with Gasteiger partial charge in [0.15, 0.2) is 0 Å². The SMILES string of the molecule is COc1ccsc1C(N)c1ccccc1C(F)(F)F. The van der Waals surface area contributed by atoms with E-state index < -0.39 is 17.8 Å². The number of methoxy groups -OCH3 is 1. The standard InChI is InChI=1S/C13H12F3NOS/c1-18-10-6-7-19-12(10)11(17)8-4-2-3-5-9(8)13(14,15)16/h2-7,11H,17H2,1H3. The number of rotatable bonds is 3. The Labute approximate surface area is 112 Å². The molecule has 2 N–H and O–H groups in total. The molecule has 0 fully saturated rings. The first-order valence-electron chi connectivity index (χ1n) is 5.48. The molecule has 0 aliphatic heterocycles. The first-order valence-corrected chi connectivity index (χ1v) is 6.36. The lowest BCUT2D eigenvalue weighted by Gasteiger charge is -2.18. The smallest absolute Gasteiger partial charge is 0.416 e. The molecule has 0 saturated carbocycles. The van der Waals surface area contributed by atoms with Gasteiger partial charge in [0.25, 0.3) is 0 Å². The molecule has 2 rings (SSSR count). The molecule has 0 radical (unpaired) electrons. The molecule has 0 aliphatic rings. The minimum absolute atomic E-state index is 0.0516. The van der Waals surface area contributed by atoms with Crippen LogP contribution in [0.15, 0.2) is 35.7 Å². The van der Waals surface area contributed by atoms with Crippen molar-refractivity contribution in [3.63, 3.8) is 0 Å². The topological polar surface area (TPSA) is 35.2 Å². The average Bonchev–Trinajstić information content (AvgIpc) is 2.85. The Kier molecular flexibility index (Phi) is 3.82. The second-order valence-electron chi connectivity index (χ2n) is 3.92. The molecule has 0 bridgehead atoms. The summed E-state index contributed by atoms with van der Waals surface area (Å²) >= 11 is 1.28. The van der Waals surface area contributed by atoms with Gasteiger partial charge < -0.3 is 10.5 Å². The van der Waals surface area contributed by atoms with Crippen LogP contribution < -0.4 is 10.5 Å². The molecule has 6 heteroatoms. The highest BCUT2D eigenvalue weighted by Gasteiger charge is 2.35. The number of nitrogens with two attached hydrogens (primary N) is 1. The van der Waals surface area contributed by atoms with Gasteiger partial charge in [-0.1, -0.05) is 18.2 Å². The first-order chi connectivity index (χ1) is 8.95. The van der Waals surface area contributed by atoms with Crippen LogP contribution in [0.2, 0.25) is 0 Å². The predicted molar refractivity (Wildman–Crippen MR) is 68.3 cm³/mol. The lowest BCUT2D eigenvalue weighted by atomic mass is 9.99. The van der Waals surface area contributed by atoms with Crippen LogP contribution in [0.4, 0.5) is 13.2 Å². The van der Waals surface area contributed by atoms with Crippen molar-refractivity contribution in [1.29, 1.82) is 0 Å². The van der Waals surface area contributed by atoms with Crippen molar-refractivity contribution >= 4 is 11.3 Å². The second kappa shape index (κ2) is 5.22. The van der Waals surface area contributed by atoms with Crippen LogP contribution in [0.1, 0.15) is 22.0 Å². The lowest BCUT2D eigenvalue weighted by molar-refractivity contribution is -0.138. The summed E-state index contributed by atoms with van der Waals surface area (Å²) in [5, 5.41) is 1.74. The Hall–Kier alpha value is -1.53. The van der Waals surface area contributed by atoms with Crippen LogP contribution in [0.25, 0.3) is 0 Å². The number of halogens is 3. The third-order valence-corrected chi connectivity index (χ3v) is 3.74. The van der Waals surface area contributed by atoms with Crippen molar-refractivity contribution in [3.05, 3.63) is 51.7 Å². The summed E-state index contributed by atoms with van der Waals surface area (Å²) in [4.78, 5) is 0.583. The van der Waals surface area contributed by atoms with E-state index in [1.54, 1.807) is 17.5 Å². The summed E-state index contributed by atoms with van der Waals surface area (Å²) < 4.78 is 44.0. The largest absolute Gasteiger partial charge is 0.496 e. The Bertz CT molecular complexity index is 565. The maximum Gasteiger partial charge on any atom is 0.416 e. The minimum atomic E-state index is -4.42. The van der Waals surface area contributed by atoms with E-state index in [2.05, 4.69) is 0 Å². The fourth-order valence-corrected chi connectivity index (χ4v) is 2.75. The van der Waals surface area contributed by atoms with Crippen LogP contribution in [0.3, 0.4) is 0 Å². The third kappa shape index (κ3) is 2.74. The van der Waals surface area contributed by atoms with Gasteiger partial charge in [-0.05, 0) is 23.1 Å². The van der Waals surface area contributed by atoms with Crippen LogP contribution >= 0.6 is 11.3 Å². The molecule has 0 aliphatic carbocycles. The molecular weight excluding hydrogens is 275 g/mol. The van der Waals surface area contributed by atoms with Crippen molar-refractivity contribution in [2.24, 2.45) is 5.73 Å². The summed E-state index contributed by atoms with van der Waals surface area (Å²) in [5.74, 6) is 0.509. The average molecular weight is 287 g/mol. The molecule has 1 atom stereocenters. The fraction of sp³-hybridized carbons (Fsp3) is 0.231. The zero-order valence-electron chi connectivity index (χ0n) is 10.1. The number of thiophene rings is 1. The molecule has 0 spiro atoms. The highest BCUT2D eigenvalue weighted by molar-refractivity contribution is 7.10. The Morgan fingerprint density at radius 1 is 1.21 bits per heavy atom. The summed E-state index contributed by atoms with van der Waals surface area (Å²) in [6.07, 6.45) is -4.42. The van der Waals surface area contributed by atoms with Crippen molar-refractivity contribution < 1.29 is 17.9 Å². The molecule has 1 unspecified atom stereocenters. The molecule has 1 aromatic heterocycles. The van der Waals surface area contributed by atoms with Gasteiger partial charge in [0, 0.05) is 0 Å². The van der Waals surface area contributed by atoms with E-state index in [4.69, 9.17) is 10.5 Å². The minimum Gasteiger partial charge on any atom is -0.496 e. The first kappa shape index (κ1) is 13.9. The zero-order chi connectivity index (χ0) is 14.0. The Balaban J connectivity index is 2.48. The number of ether oxygens (including phenoxy) is 1. The summed E-state index contributed by atoms with van der Waals surface area (Å²) in [6, 6.07) is 6.17. The van der Waals surface area contributed by atoms with Crippen LogP contribution in [-0.2, 0) is 6.18 Å². The zero-order valence-corrected chi connectivity index (χ0v) is 10.9. The monoisotopic (exact) mass is 287 g/mol. The highest BCUT2D eigenvalue weighted by atomic mass is 32.1. The van der Waals surface area contributed by atoms with E-state index in [1.165, 1.54) is 30.6 Å². The molecule has 2 aromatic rings. The van der Waals surface area contributed by atoms with Gasteiger partial charge in [-0.3, -0.25) is 0 Å². The maximum atomic E-state index is 12.9. The number of benzene rings is 1. The molecule has 19 heavy (non-hydrogen) atoms. The maximum absolute atomic E-state index is 12.9. The number of hydrogen-bond donors (Lipinski definition) is 1. The fourth-order valence-electron chi connectivity index (χ4n) is 1.87. The van der Waals surface area contributed by atoms with Gasteiger partial charge in [-0.2, -0.15) is 13.2 Å². The van der Waals surface area contributed by atoms with Gasteiger partial charge in [-0.15, -0.1) is 11.3 Å². The van der Waals surface area contributed by atoms with Crippen LogP contribution in [-0.4, -0.2) is 7.11 Å². The van der Waals surface area contributed by atoms with Gasteiger partial charge in [-0.25, -0.2) is 0 Å². The van der Waals surface area contributed by atoms with Gasteiger partial charge in [0.05, 0.1) is 23.6 Å². The van der Waals surface area contributed by atoms with E-state index in [1.807, 2.05) is 0 Å². The van der Waals surface area contributed by atoms with Crippen LogP contribution in [0.5, 0.6) is 5.75 Å². The molecule has 0 saturated heterocycles. The van der Waals surface area contributed by atoms with E-state index in [0.717, 1.165) is 6.07 Å². The van der Waals surface area contributed by atoms with Crippen molar-refractivity contribution in [2.45, 2.75) is 12.2 Å². The van der Waals surface area contributed by atoms with Gasteiger partial charge in [0.2, 0.25) is 0 Å². The predicted octanol–water partition coefficient (Wildman–Crippen LogP) is 3.82. The third-order valence-electron chi connectivity index (χ3n) is 2.76. The van der Waals surface area contributed by atoms with E-state index >= 15 is 0 Å². The molecule has 102 valence electrons. The number of hydrogen-bond acceptors (Lipinski definition) is 3. The second-order valence-corrected chi connectivity index (χ2v) is 4.86. The van der Waals surface area contributed by atoms with Crippen LogP contribution in [0, 0.1) is 0 Å². The lowest BCUT2D eigenvalue weighted by Crippen LogP contribution is -2.18. The number of alkyl halides is 3. The summed E-state index contributed by atoms with van der Waals surface area (Å²) in [6.45, 7) is 0. The van der Waals surface area contributed by atoms with Crippen molar-refractivity contribution in [3.8, 4) is 5.75 Å². The van der Waals surface area contributed by atoms with E-state index in [-0.39, 0.29) is 5.56 Å². The summed E-state index contributed by atoms with van der Waals surface area (Å²) in [7, 11) is 1.47.